The molecule has 0 fully saturated rings. The van der Waals surface area contributed by atoms with Crippen LogP contribution in [-0.4, -0.2) is 41.9 Å². The average molecular weight is 372 g/mol. The first-order valence-corrected chi connectivity index (χ1v) is 7.48. The topological polar surface area (TPSA) is 151 Å². The van der Waals surface area contributed by atoms with Gasteiger partial charge in [0.1, 0.15) is 12.2 Å². The van der Waals surface area contributed by atoms with E-state index in [-0.39, 0.29) is 12.2 Å². The van der Waals surface area contributed by atoms with Gasteiger partial charge in [0, 0.05) is 19.3 Å². The van der Waals surface area contributed by atoms with E-state index in [0.29, 0.717) is 24.5 Å². The molecule has 0 aromatic carbocycles. The van der Waals surface area contributed by atoms with Crippen molar-refractivity contribution in [2.45, 2.75) is 26.4 Å². The second-order valence-corrected chi connectivity index (χ2v) is 5.49. The van der Waals surface area contributed by atoms with E-state index >= 15 is 0 Å². The molecule has 0 atom stereocenters. The van der Waals surface area contributed by atoms with Crippen LogP contribution in [0.15, 0.2) is 12.4 Å². The molecule has 2 aromatic rings. The maximum absolute atomic E-state index is 11.9. The molecule has 25 heavy (non-hydrogen) atoms. The first-order chi connectivity index (χ1) is 11.8. The Morgan fingerprint density at radius 1 is 1.36 bits per heavy atom. The van der Waals surface area contributed by atoms with Gasteiger partial charge in [-0.05, 0) is 18.3 Å². The molecule has 0 spiro atoms. The standard InChI is InChI=1S/C12H14ClN7O5/c1-8-11(19(22)23)12(20(24)25)16-18(8)7-10(21)14-3-2-4-17-6-9(13)5-15-17/h5-6H,2-4,7H2,1H3,(H,14,21). The molecule has 0 bridgehead atoms. The minimum atomic E-state index is -0.950. The SMILES string of the molecule is Cc1c([N+](=O)[O-])c([N+](=O)[O-])nn1CC(=O)NCCCn1cc(Cl)cn1. The van der Waals surface area contributed by atoms with Crippen molar-refractivity contribution in [3.8, 4) is 0 Å². The molecule has 0 unspecified atom stereocenters. The number of nitrogens with one attached hydrogen (secondary N) is 1. The van der Waals surface area contributed by atoms with E-state index in [1.807, 2.05) is 0 Å². The van der Waals surface area contributed by atoms with Gasteiger partial charge in [-0.25, -0.2) is 0 Å². The van der Waals surface area contributed by atoms with Gasteiger partial charge in [-0.2, -0.15) is 9.78 Å². The Kier molecular flexibility index (Phi) is 5.64. The fourth-order valence-electron chi connectivity index (χ4n) is 2.13. The molecule has 13 heteroatoms. The molecule has 0 radical (unpaired) electrons. The summed E-state index contributed by atoms with van der Waals surface area (Å²) in [6.07, 6.45) is 3.73. The van der Waals surface area contributed by atoms with Crippen LogP contribution in [-0.2, 0) is 17.9 Å². The average Bonchev–Trinajstić information content (AvgIpc) is 3.08. The third-order valence-corrected chi connectivity index (χ3v) is 3.49. The molecule has 1 amide bonds. The highest BCUT2D eigenvalue weighted by Gasteiger charge is 2.35. The van der Waals surface area contributed by atoms with E-state index in [1.165, 1.54) is 13.1 Å². The Morgan fingerprint density at radius 2 is 2.08 bits per heavy atom. The van der Waals surface area contributed by atoms with Crippen LogP contribution in [0.25, 0.3) is 0 Å². The van der Waals surface area contributed by atoms with E-state index < -0.39 is 27.3 Å². The van der Waals surface area contributed by atoms with Crippen molar-refractivity contribution in [3.05, 3.63) is 43.3 Å². The van der Waals surface area contributed by atoms with E-state index in [9.17, 15) is 25.0 Å². The Balaban J connectivity index is 1.91. The smallest absolute Gasteiger partial charge is 0.358 e. The molecule has 0 aliphatic carbocycles. The number of aryl methyl sites for hydroxylation is 1. The largest absolute Gasteiger partial charge is 0.468 e. The Bertz CT molecular complexity index is 815. The molecular weight excluding hydrogens is 358 g/mol. The lowest BCUT2D eigenvalue weighted by Crippen LogP contribution is -2.29. The predicted octanol–water partition coefficient (Wildman–Crippen LogP) is 1.06. The van der Waals surface area contributed by atoms with Crippen LogP contribution in [0.1, 0.15) is 12.1 Å². The fraction of sp³-hybridized carbons (Fsp3) is 0.417. The highest BCUT2D eigenvalue weighted by Crippen LogP contribution is 2.28. The molecule has 0 saturated heterocycles. The van der Waals surface area contributed by atoms with Crippen molar-refractivity contribution in [1.29, 1.82) is 0 Å². The molecule has 2 rings (SSSR count). The quantitative estimate of drug-likeness (QED) is 0.413. The minimum absolute atomic E-state index is 0.0574. The molecule has 0 aliphatic heterocycles. The number of carbonyl (C=O) groups is 1. The van der Waals surface area contributed by atoms with Gasteiger partial charge in [0.05, 0.1) is 21.2 Å². The van der Waals surface area contributed by atoms with Gasteiger partial charge < -0.3 is 15.4 Å². The lowest BCUT2D eigenvalue weighted by atomic mass is 10.3. The molecule has 2 heterocycles. The number of carbonyl (C=O) groups excluding carboxylic acids is 1. The summed E-state index contributed by atoms with van der Waals surface area (Å²) >= 11 is 5.73. The first kappa shape index (κ1) is 18.3. The van der Waals surface area contributed by atoms with Gasteiger partial charge in [-0.15, -0.1) is 0 Å². The number of hydrogen-bond donors (Lipinski definition) is 1. The third-order valence-electron chi connectivity index (χ3n) is 3.29. The van der Waals surface area contributed by atoms with Crippen molar-refractivity contribution in [2.24, 2.45) is 0 Å². The second kappa shape index (κ2) is 7.70. The van der Waals surface area contributed by atoms with Crippen LogP contribution in [0.2, 0.25) is 5.02 Å². The van der Waals surface area contributed by atoms with Gasteiger partial charge in [0.25, 0.3) is 0 Å². The molecule has 0 saturated carbocycles. The number of hydrogen-bond acceptors (Lipinski definition) is 7. The lowest BCUT2D eigenvalue weighted by Gasteiger charge is -2.05. The van der Waals surface area contributed by atoms with Crippen LogP contribution in [0, 0.1) is 27.2 Å². The molecule has 134 valence electrons. The van der Waals surface area contributed by atoms with Gasteiger partial charge in [-0.1, -0.05) is 11.6 Å². The summed E-state index contributed by atoms with van der Waals surface area (Å²) in [5.41, 5.74) is -0.772. The van der Waals surface area contributed by atoms with Crippen LogP contribution < -0.4 is 5.32 Å². The second-order valence-electron chi connectivity index (χ2n) is 5.05. The number of amides is 1. The van der Waals surface area contributed by atoms with Crippen LogP contribution >= 0.6 is 11.6 Å². The van der Waals surface area contributed by atoms with Gasteiger partial charge in [-0.3, -0.25) is 19.6 Å². The Labute approximate surface area is 145 Å². The third kappa shape index (κ3) is 4.50. The summed E-state index contributed by atoms with van der Waals surface area (Å²) in [7, 11) is 0. The Hall–Kier alpha value is -3.02. The summed E-state index contributed by atoms with van der Waals surface area (Å²) in [5, 5.41) is 32.4. The van der Waals surface area contributed by atoms with Gasteiger partial charge >= 0.3 is 11.5 Å². The highest BCUT2D eigenvalue weighted by molar-refractivity contribution is 6.30. The zero-order chi connectivity index (χ0) is 18.6. The summed E-state index contributed by atoms with van der Waals surface area (Å²) < 4.78 is 2.57. The van der Waals surface area contributed by atoms with Gasteiger partial charge in [0.15, 0.2) is 0 Å². The summed E-state index contributed by atoms with van der Waals surface area (Å²) in [4.78, 5) is 31.8. The van der Waals surface area contributed by atoms with Crippen molar-refractivity contribution in [1.82, 2.24) is 24.9 Å². The summed E-state index contributed by atoms with van der Waals surface area (Å²) in [6, 6.07) is 0. The number of halogens is 1. The summed E-state index contributed by atoms with van der Waals surface area (Å²) in [5.74, 6) is -1.35. The molecule has 12 nitrogen and oxygen atoms in total. The Morgan fingerprint density at radius 3 is 2.60 bits per heavy atom. The number of nitro groups is 2. The zero-order valence-corrected chi connectivity index (χ0v) is 13.8. The maximum atomic E-state index is 11.9. The number of aromatic nitrogens is 4. The molecule has 0 aliphatic rings. The predicted molar refractivity (Wildman–Crippen MR) is 85.1 cm³/mol. The van der Waals surface area contributed by atoms with Crippen molar-refractivity contribution >= 4 is 29.0 Å². The van der Waals surface area contributed by atoms with E-state index in [4.69, 9.17) is 11.6 Å². The van der Waals surface area contributed by atoms with E-state index in [2.05, 4.69) is 15.5 Å². The molecule has 1 N–H and O–H groups in total. The van der Waals surface area contributed by atoms with Crippen LogP contribution in [0.5, 0.6) is 0 Å². The van der Waals surface area contributed by atoms with Crippen LogP contribution in [0.3, 0.4) is 0 Å². The van der Waals surface area contributed by atoms with Crippen molar-refractivity contribution < 1.29 is 14.6 Å². The monoisotopic (exact) mass is 371 g/mol. The normalized spacial score (nSPS) is 10.6. The summed E-state index contributed by atoms with van der Waals surface area (Å²) in [6.45, 7) is 1.83. The first-order valence-electron chi connectivity index (χ1n) is 7.10. The highest BCUT2D eigenvalue weighted by atomic mass is 35.5. The van der Waals surface area contributed by atoms with Crippen molar-refractivity contribution in [3.63, 3.8) is 0 Å². The fourth-order valence-corrected chi connectivity index (χ4v) is 2.29. The van der Waals surface area contributed by atoms with E-state index in [0.717, 1.165) is 4.68 Å². The maximum Gasteiger partial charge on any atom is 0.468 e. The number of nitrogens with zero attached hydrogens (tertiary/aromatic N) is 6. The van der Waals surface area contributed by atoms with Gasteiger partial charge in [0.2, 0.25) is 5.91 Å². The minimum Gasteiger partial charge on any atom is -0.358 e. The van der Waals surface area contributed by atoms with E-state index in [1.54, 1.807) is 10.9 Å². The van der Waals surface area contributed by atoms with Crippen LogP contribution in [0.4, 0.5) is 11.5 Å². The van der Waals surface area contributed by atoms with Crippen molar-refractivity contribution in [2.75, 3.05) is 6.54 Å². The molecule has 2 aromatic heterocycles. The number of rotatable bonds is 8. The lowest BCUT2D eigenvalue weighted by molar-refractivity contribution is -0.424. The molecular formula is C12H14ClN7O5. The zero-order valence-electron chi connectivity index (χ0n) is 13.1.